The first-order chi connectivity index (χ1) is 14.3. The molecule has 10 heteroatoms. The van der Waals surface area contributed by atoms with Crippen molar-refractivity contribution in [3.05, 3.63) is 69.5 Å². The second kappa shape index (κ2) is 9.97. The number of carbonyl (C=O) groups excluding carboxylic acids is 2. The van der Waals surface area contributed by atoms with E-state index in [-0.39, 0.29) is 24.1 Å². The third-order valence-electron chi connectivity index (χ3n) is 4.18. The SMILES string of the molecule is Cc1ccc(C(=O)NCc2nnc(SCC(=O)Nc3ccc(Cl)c(Cl)c3)n2C)cc1. The molecule has 0 saturated heterocycles. The first kappa shape index (κ1) is 22.1. The van der Waals surface area contributed by atoms with Crippen LogP contribution in [0.5, 0.6) is 0 Å². The predicted molar refractivity (Wildman–Crippen MR) is 119 cm³/mol. The number of nitrogens with zero attached hydrogens (tertiary/aromatic N) is 3. The third kappa shape index (κ3) is 5.75. The molecule has 156 valence electrons. The van der Waals surface area contributed by atoms with E-state index in [1.54, 1.807) is 41.9 Å². The summed E-state index contributed by atoms with van der Waals surface area (Å²) in [5.41, 5.74) is 2.23. The van der Waals surface area contributed by atoms with Crippen molar-refractivity contribution in [2.75, 3.05) is 11.1 Å². The molecule has 0 aliphatic heterocycles. The fourth-order valence-electron chi connectivity index (χ4n) is 2.49. The fourth-order valence-corrected chi connectivity index (χ4v) is 3.52. The first-order valence-corrected chi connectivity index (χ1v) is 10.7. The Morgan fingerprint density at radius 3 is 2.50 bits per heavy atom. The highest BCUT2D eigenvalue weighted by Gasteiger charge is 2.13. The van der Waals surface area contributed by atoms with Gasteiger partial charge in [-0.25, -0.2) is 0 Å². The van der Waals surface area contributed by atoms with Crippen LogP contribution in [0.15, 0.2) is 47.6 Å². The number of hydrogen-bond acceptors (Lipinski definition) is 5. The Hall–Kier alpha value is -2.55. The second-order valence-corrected chi connectivity index (χ2v) is 8.23. The number of benzene rings is 2. The first-order valence-electron chi connectivity index (χ1n) is 8.94. The molecule has 0 fully saturated rings. The molecule has 30 heavy (non-hydrogen) atoms. The van der Waals surface area contributed by atoms with E-state index in [2.05, 4.69) is 20.8 Å². The van der Waals surface area contributed by atoms with Gasteiger partial charge in [0.25, 0.3) is 5.91 Å². The molecule has 1 heterocycles. The zero-order chi connectivity index (χ0) is 21.7. The maximum atomic E-state index is 12.2. The van der Waals surface area contributed by atoms with Crippen LogP contribution in [-0.2, 0) is 18.4 Å². The van der Waals surface area contributed by atoms with Crippen molar-refractivity contribution >= 4 is 52.5 Å². The predicted octanol–water partition coefficient (Wildman–Crippen LogP) is 4.09. The molecule has 2 N–H and O–H groups in total. The zero-order valence-corrected chi connectivity index (χ0v) is 18.6. The molecule has 2 amide bonds. The monoisotopic (exact) mass is 463 g/mol. The summed E-state index contributed by atoms with van der Waals surface area (Å²) in [5, 5.41) is 15.1. The molecular formula is C20H19Cl2N5O2S. The van der Waals surface area contributed by atoms with Crippen molar-refractivity contribution < 1.29 is 9.59 Å². The highest BCUT2D eigenvalue weighted by atomic mass is 35.5. The summed E-state index contributed by atoms with van der Waals surface area (Å²) in [6.07, 6.45) is 0. The van der Waals surface area contributed by atoms with Crippen LogP contribution in [0.2, 0.25) is 10.0 Å². The van der Waals surface area contributed by atoms with Crippen LogP contribution < -0.4 is 10.6 Å². The van der Waals surface area contributed by atoms with Crippen LogP contribution in [-0.4, -0.2) is 32.3 Å². The van der Waals surface area contributed by atoms with Gasteiger partial charge in [-0.1, -0.05) is 52.7 Å². The van der Waals surface area contributed by atoms with Gasteiger partial charge in [0.05, 0.1) is 22.3 Å². The van der Waals surface area contributed by atoms with Crippen molar-refractivity contribution in [2.45, 2.75) is 18.6 Å². The normalized spacial score (nSPS) is 10.7. The molecule has 0 bridgehead atoms. The minimum Gasteiger partial charge on any atom is -0.345 e. The number of anilines is 1. The molecule has 3 rings (SSSR count). The van der Waals surface area contributed by atoms with Gasteiger partial charge >= 0.3 is 0 Å². The summed E-state index contributed by atoms with van der Waals surface area (Å²) in [4.78, 5) is 24.4. The van der Waals surface area contributed by atoms with Gasteiger partial charge in [0, 0.05) is 18.3 Å². The van der Waals surface area contributed by atoms with E-state index in [0.717, 1.165) is 5.56 Å². The third-order valence-corrected chi connectivity index (χ3v) is 5.94. The summed E-state index contributed by atoms with van der Waals surface area (Å²) in [5.74, 6) is 0.328. The highest BCUT2D eigenvalue weighted by molar-refractivity contribution is 7.99. The molecule has 0 spiro atoms. The van der Waals surface area contributed by atoms with Gasteiger partial charge in [-0.05, 0) is 37.3 Å². The van der Waals surface area contributed by atoms with Crippen molar-refractivity contribution in [3.8, 4) is 0 Å². The number of nitrogens with one attached hydrogen (secondary N) is 2. The standard InChI is InChI=1S/C20H19Cl2N5O2S/c1-12-3-5-13(6-4-12)19(29)23-10-17-25-26-20(27(17)2)30-11-18(28)24-14-7-8-15(21)16(22)9-14/h3-9H,10-11H2,1-2H3,(H,23,29)(H,24,28). The molecule has 0 unspecified atom stereocenters. The van der Waals surface area contributed by atoms with Gasteiger partial charge in [0.15, 0.2) is 11.0 Å². The molecule has 0 saturated carbocycles. The number of aromatic nitrogens is 3. The summed E-state index contributed by atoms with van der Waals surface area (Å²) in [7, 11) is 1.78. The van der Waals surface area contributed by atoms with Gasteiger partial charge in [-0.2, -0.15) is 0 Å². The van der Waals surface area contributed by atoms with E-state index in [4.69, 9.17) is 23.2 Å². The quantitative estimate of drug-likeness (QED) is 0.515. The molecule has 7 nitrogen and oxygen atoms in total. The summed E-state index contributed by atoms with van der Waals surface area (Å²) in [6.45, 7) is 2.19. The Kier molecular flexibility index (Phi) is 7.36. The van der Waals surface area contributed by atoms with Gasteiger partial charge < -0.3 is 15.2 Å². The minimum atomic E-state index is -0.212. The Balaban J connectivity index is 1.52. The van der Waals surface area contributed by atoms with E-state index in [0.29, 0.717) is 32.3 Å². The van der Waals surface area contributed by atoms with Crippen LogP contribution in [0.25, 0.3) is 0 Å². The summed E-state index contributed by atoms with van der Waals surface area (Å²) < 4.78 is 1.74. The average molecular weight is 464 g/mol. The Morgan fingerprint density at radius 1 is 1.07 bits per heavy atom. The van der Waals surface area contributed by atoms with E-state index >= 15 is 0 Å². The molecule has 0 atom stereocenters. The summed E-state index contributed by atoms with van der Waals surface area (Å²) >= 11 is 13.1. The van der Waals surface area contributed by atoms with Gasteiger partial charge in [0.1, 0.15) is 0 Å². The maximum absolute atomic E-state index is 12.2. The van der Waals surface area contributed by atoms with Crippen molar-refractivity contribution in [2.24, 2.45) is 7.05 Å². The van der Waals surface area contributed by atoms with Crippen molar-refractivity contribution in [3.63, 3.8) is 0 Å². The van der Waals surface area contributed by atoms with Gasteiger partial charge in [-0.15, -0.1) is 10.2 Å². The van der Waals surface area contributed by atoms with Crippen LogP contribution in [0.1, 0.15) is 21.7 Å². The Labute approximate surface area is 188 Å². The van der Waals surface area contributed by atoms with E-state index < -0.39 is 0 Å². The second-order valence-electron chi connectivity index (χ2n) is 6.47. The molecule has 1 aromatic heterocycles. The van der Waals surface area contributed by atoms with Crippen molar-refractivity contribution in [1.29, 1.82) is 0 Å². The van der Waals surface area contributed by atoms with Gasteiger partial charge in [0.2, 0.25) is 5.91 Å². The molecule has 0 aliphatic rings. The lowest BCUT2D eigenvalue weighted by molar-refractivity contribution is -0.113. The molecular weight excluding hydrogens is 445 g/mol. The zero-order valence-electron chi connectivity index (χ0n) is 16.3. The summed E-state index contributed by atoms with van der Waals surface area (Å²) in [6, 6.07) is 12.2. The lowest BCUT2D eigenvalue weighted by Gasteiger charge is -2.07. The average Bonchev–Trinajstić information content (AvgIpc) is 3.07. The number of rotatable bonds is 7. The molecule has 3 aromatic rings. The topological polar surface area (TPSA) is 88.9 Å². The van der Waals surface area contributed by atoms with E-state index in [1.165, 1.54) is 11.8 Å². The van der Waals surface area contributed by atoms with Crippen LogP contribution in [0.4, 0.5) is 5.69 Å². The lowest BCUT2D eigenvalue weighted by atomic mass is 10.1. The number of halogens is 2. The van der Waals surface area contributed by atoms with Crippen molar-refractivity contribution in [1.82, 2.24) is 20.1 Å². The lowest BCUT2D eigenvalue weighted by Crippen LogP contribution is -2.24. The van der Waals surface area contributed by atoms with Crippen LogP contribution >= 0.6 is 35.0 Å². The molecule has 0 radical (unpaired) electrons. The maximum Gasteiger partial charge on any atom is 0.251 e. The highest BCUT2D eigenvalue weighted by Crippen LogP contribution is 2.25. The van der Waals surface area contributed by atoms with Gasteiger partial charge in [-0.3, -0.25) is 9.59 Å². The number of carbonyl (C=O) groups is 2. The smallest absolute Gasteiger partial charge is 0.251 e. The largest absolute Gasteiger partial charge is 0.345 e. The molecule has 0 aliphatic carbocycles. The molecule has 2 aromatic carbocycles. The van der Waals surface area contributed by atoms with E-state index in [9.17, 15) is 9.59 Å². The number of thioether (sulfide) groups is 1. The Bertz CT molecular complexity index is 1070. The van der Waals surface area contributed by atoms with Crippen LogP contribution in [0.3, 0.4) is 0 Å². The van der Waals surface area contributed by atoms with E-state index in [1.807, 2.05) is 19.1 Å². The fraction of sp³-hybridized carbons (Fsp3) is 0.200. The van der Waals surface area contributed by atoms with Crippen LogP contribution in [0, 0.1) is 6.92 Å². The Morgan fingerprint density at radius 2 is 1.80 bits per heavy atom. The minimum absolute atomic E-state index is 0.141. The number of aryl methyl sites for hydroxylation is 1. The number of hydrogen-bond donors (Lipinski definition) is 2. The number of amides is 2.